The van der Waals surface area contributed by atoms with Crippen molar-refractivity contribution in [3.8, 4) is 78.9 Å². The van der Waals surface area contributed by atoms with Crippen LogP contribution in [0.1, 0.15) is 23.0 Å². The maximum atomic E-state index is 5.24. The monoisotopic (exact) mass is 943 g/mol. The molecule has 13 aromatic rings. The normalized spacial score (nSPS) is 14.6. The van der Waals surface area contributed by atoms with Gasteiger partial charge in [0.1, 0.15) is 0 Å². The van der Waals surface area contributed by atoms with Crippen molar-refractivity contribution in [1.82, 2.24) is 24.1 Å². The van der Waals surface area contributed by atoms with E-state index in [9.17, 15) is 0 Å². The molecule has 0 spiro atoms. The van der Waals surface area contributed by atoms with Gasteiger partial charge in [0.05, 0.1) is 22.1 Å². The standard InChI is InChI=1S/C69H45N5/c1-5-17-44(18-6-1)48-29-35-63-59(39-48)60-41-50(31-36-64(60)73(63)52-33-34-57-55-27-14-13-25-53(55)54-26-15-16-28-56(54)58(57)43-52)51-32-38-66-62(42-51)61-40-49(45-19-7-2-8-20-45)30-37-65(61)74(66)69-71-67(46-21-9-3-10-22-46)70-68(72-69)47-23-11-4-12-24-47/h1-43,54,56H. The van der Waals surface area contributed by atoms with Gasteiger partial charge in [0.25, 0.3) is 0 Å². The molecular weight excluding hydrogens is 899 g/mol. The van der Waals surface area contributed by atoms with Crippen LogP contribution >= 0.6 is 0 Å². The average molecular weight is 944 g/mol. The zero-order chi connectivity index (χ0) is 48.7. The first-order valence-corrected chi connectivity index (χ1v) is 25.4. The van der Waals surface area contributed by atoms with Crippen LogP contribution in [0.3, 0.4) is 0 Å². The molecule has 10 aromatic carbocycles. The van der Waals surface area contributed by atoms with Gasteiger partial charge in [-0.2, -0.15) is 9.97 Å². The van der Waals surface area contributed by atoms with Gasteiger partial charge >= 0.3 is 0 Å². The van der Waals surface area contributed by atoms with Gasteiger partial charge in [-0.1, -0.05) is 200 Å². The topological polar surface area (TPSA) is 48.5 Å². The lowest BCUT2D eigenvalue weighted by Crippen LogP contribution is -2.16. The van der Waals surface area contributed by atoms with E-state index in [0.29, 0.717) is 23.5 Å². The van der Waals surface area contributed by atoms with E-state index >= 15 is 0 Å². The molecule has 74 heavy (non-hydrogen) atoms. The van der Waals surface area contributed by atoms with Crippen LogP contribution in [-0.2, 0) is 0 Å². The van der Waals surface area contributed by atoms with E-state index in [1.54, 1.807) is 0 Å². The first kappa shape index (κ1) is 42.0. The highest BCUT2D eigenvalue weighted by atomic mass is 15.2. The Hall–Kier alpha value is -9.71. The molecule has 0 bridgehead atoms. The molecule has 0 amide bonds. The third-order valence-electron chi connectivity index (χ3n) is 15.4. The van der Waals surface area contributed by atoms with Crippen LogP contribution in [0.4, 0.5) is 0 Å². The summed E-state index contributed by atoms with van der Waals surface area (Å²) in [6.07, 6.45) is 9.18. The molecule has 2 unspecified atom stereocenters. The van der Waals surface area contributed by atoms with Crippen LogP contribution in [0.5, 0.6) is 0 Å². The van der Waals surface area contributed by atoms with E-state index in [1.165, 1.54) is 55.2 Å². The first-order chi connectivity index (χ1) is 36.7. The molecule has 346 valence electrons. The van der Waals surface area contributed by atoms with Gasteiger partial charge in [0.15, 0.2) is 11.6 Å². The highest BCUT2D eigenvalue weighted by Gasteiger charge is 2.32. The van der Waals surface area contributed by atoms with Crippen molar-refractivity contribution in [3.63, 3.8) is 0 Å². The molecule has 0 saturated heterocycles. The van der Waals surface area contributed by atoms with Gasteiger partial charge in [-0.25, -0.2) is 4.98 Å². The third-order valence-corrected chi connectivity index (χ3v) is 15.4. The second kappa shape index (κ2) is 17.0. The summed E-state index contributed by atoms with van der Waals surface area (Å²) in [6, 6.07) is 85.4. The number of allylic oxidation sites excluding steroid dienone is 4. The summed E-state index contributed by atoms with van der Waals surface area (Å²) < 4.78 is 4.69. The van der Waals surface area contributed by atoms with Crippen molar-refractivity contribution in [2.24, 2.45) is 0 Å². The lowest BCUT2D eigenvalue weighted by atomic mass is 9.70. The number of hydrogen-bond acceptors (Lipinski definition) is 3. The SMILES string of the molecule is C1=CC2c3ccccc3-c3ccc(-n4c5ccc(-c6ccccc6)cc5c5cc(-c6ccc7c(c6)c6cc(-c8ccccc8)ccc6n7-c6nc(-c7ccccc7)nc(-c7ccccc7)n6)ccc54)cc3C2C=C1. The van der Waals surface area contributed by atoms with Crippen LogP contribution < -0.4 is 0 Å². The number of benzene rings is 10. The van der Waals surface area contributed by atoms with E-state index < -0.39 is 0 Å². The number of aromatic nitrogens is 5. The third kappa shape index (κ3) is 6.82. The first-order valence-electron chi connectivity index (χ1n) is 25.4. The number of hydrogen-bond donors (Lipinski definition) is 0. The summed E-state index contributed by atoms with van der Waals surface area (Å²) >= 11 is 0. The summed E-state index contributed by atoms with van der Waals surface area (Å²) in [4.78, 5) is 15.5. The van der Waals surface area contributed by atoms with Crippen LogP contribution in [0, 0.1) is 0 Å². The van der Waals surface area contributed by atoms with Gasteiger partial charge in [0.2, 0.25) is 5.95 Å². The molecule has 0 aliphatic heterocycles. The molecular formula is C69H45N5. The van der Waals surface area contributed by atoms with E-state index in [0.717, 1.165) is 60.9 Å². The minimum absolute atomic E-state index is 0.265. The maximum Gasteiger partial charge on any atom is 0.238 e. The molecule has 3 aromatic heterocycles. The fourth-order valence-electron chi connectivity index (χ4n) is 11.9. The molecule has 0 N–H and O–H groups in total. The van der Waals surface area contributed by atoms with E-state index in [-0.39, 0.29) is 5.92 Å². The maximum absolute atomic E-state index is 5.24. The Balaban J connectivity index is 0.934. The molecule has 15 rings (SSSR count). The Bertz CT molecular complexity index is 4360. The minimum atomic E-state index is 0.265. The quantitative estimate of drug-likeness (QED) is 0.160. The molecule has 0 fully saturated rings. The summed E-state index contributed by atoms with van der Waals surface area (Å²) in [5.74, 6) is 2.38. The second-order valence-corrected chi connectivity index (χ2v) is 19.5. The summed E-state index contributed by atoms with van der Waals surface area (Å²) in [6.45, 7) is 0. The molecule has 3 heterocycles. The van der Waals surface area contributed by atoms with E-state index in [2.05, 4.69) is 234 Å². The lowest BCUT2D eigenvalue weighted by Gasteiger charge is -2.34. The van der Waals surface area contributed by atoms with Crippen molar-refractivity contribution >= 4 is 43.6 Å². The predicted octanol–water partition coefficient (Wildman–Crippen LogP) is 17.4. The Morgan fingerprint density at radius 3 is 1.16 bits per heavy atom. The summed E-state index contributed by atoms with van der Waals surface area (Å²) in [7, 11) is 0. The molecule has 2 aliphatic carbocycles. The van der Waals surface area contributed by atoms with Gasteiger partial charge in [-0.05, 0) is 116 Å². The molecule has 2 atom stereocenters. The largest absolute Gasteiger partial charge is 0.309 e. The van der Waals surface area contributed by atoms with E-state index in [1.807, 2.05) is 36.4 Å². The van der Waals surface area contributed by atoms with Crippen molar-refractivity contribution in [3.05, 3.63) is 272 Å². The predicted molar refractivity (Wildman–Crippen MR) is 305 cm³/mol. The number of nitrogens with zero attached hydrogens (tertiary/aromatic N) is 5. The van der Waals surface area contributed by atoms with Crippen molar-refractivity contribution in [1.29, 1.82) is 0 Å². The molecule has 0 saturated carbocycles. The zero-order valence-corrected chi connectivity index (χ0v) is 40.2. The van der Waals surface area contributed by atoms with Crippen LogP contribution in [0.15, 0.2) is 261 Å². The Morgan fingerprint density at radius 2 is 0.676 bits per heavy atom. The number of rotatable bonds is 7. The summed E-state index contributed by atoms with van der Waals surface area (Å²) in [5, 5.41) is 4.66. The van der Waals surface area contributed by atoms with Gasteiger partial charge in [-0.15, -0.1) is 0 Å². The van der Waals surface area contributed by atoms with E-state index in [4.69, 9.17) is 15.0 Å². The average Bonchev–Trinajstić information content (AvgIpc) is 4.02. The van der Waals surface area contributed by atoms with Crippen molar-refractivity contribution in [2.75, 3.05) is 0 Å². The fourth-order valence-corrected chi connectivity index (χ4v) is 11.9. The van der Waals surface area contributed by atoms with Gasteiger partial charge in [-0.3, -0.25) is 4.57 Å². The Labute approximate surface area is 428 Å². The van der Waals surface area contributed by atoms with Crippen molar-refractivity contribution in [2.45, 2.75) is 11.8 Å². The molecule has 2 aliphatic rings. The highest BCUT2D eigenvalue weighted by Crippen LogP contribution is 2.50. The smallest absolute Gasteiger partial charge is 0.238 e. The van der Waals surface area contributed by atoms with Gasteiger partial charge in [0, 0.05) is 50.2 Å². The van der Waals surface area contributed by atoms with Gasteiger partial charge < -0.3 is 4.57 Å². The van der Waals surface area contributed by atoms with Crippen LogP contribution in [-0.4, -0.2) is 24.1 Å². The Kier molecular flexibility index (Phi) is 9.64. The molecule has 5 heteroatoms. The van der Waals surface area contributed by atoms with Crippen LogP contribution in [0.2, 0.25) is 0 Å². The molecule has 0 radical (unpaired) electrons. The number of fused-ring (bicyclic) bond motifs is 12. The summed E-state index contributed by atoms with van der Waals surface area (Å²) in [5.41, 5.74) is 19.8. The minimum Gasteiger partial charge on any atom is -0.309 e. The van der Waals surface area contributed by atoms with Crippen LogP contribution in [0.25, 0.3) is 123 Å². The van der Waals surface area contributed by atoms with Crippen molar-refractivity contribution < 1.29 is 0 Å². The lowest BCUT2D eigenvalue weighted by molar-refractivity contribution is 0.719. The Morgan fingerprint density at radius 1 is 0.284 bits per heavy atom. The fraction of sp³-hybridized carbons (Fsp3) is 0.0290. The highest BCUT2D eigenvalue weighted by molar-refractivity contribution is 6.14. The second-order valence-electron chi connectivity index (χ2n) is 19.5. The zero-order valence-electron chi connectivity index (χ0n) is 40.2. The molecule has 5 nitrogen and oxygen atoms in total.